The fourth-order valence-electron chi connectivity index (χ4n) is 3.47. The van der Waals surface area contributed by atoms with Gasteiger partial charge in [0.15, 0.2) is 0 Å². The van der Waals surface area contributed by atoms with Crippen LogP contribution in [0.25, 0.3) is 5.69 Å². The monoisotopic (exact) mass is 381 g/mol. The van der Waals surface area contributed by atoms with Crippen molar-refractivity contribution >= 4 is 23.2 Å². The zero-order valence-electron chi connectivity index (χ0n) is 15.0. The highest BCUT2D eigenvalue weighted by atomic mass is 35.5. The molecule has 0 bridgehead atoms. The molecule has 2 heterocycles. The number of benzene rings is 2. The Morgan fingerprint density at radius 2 is 2.04 bits per heavy atom. The molecule has 5 nitrogen and oxygen atoms in total. The summed E-state index contributed by atoms with van der Waals surface area (Å²) in [6, 6.07) is 14.7. The summed E-state index contributed by atoms with van der Waals surface area (Å²) in [7, 11) is 0. The number of aliphatic hydroxyl groups is 1. The number of amides is 1. The maximum atomic E-state index is 13.2. The molecule has 1 aliphatic rings. The standard InChI is InChI=1S/C21H20ClN3O2/c1-14-10-12-25(23-14)15-8-9-16(18(22)13-15)21(27)24-11-4-7-20(26)17-5-2-3-6-19(17)24/h2-3,5-6,8-10,12-13,20,26H,4,7,11H2,1H3. The van der Waals surface area contributed by atoms with E-state index in [0.717, 1.165) is 29.1 Å². The van der Waals surface area contributed by atoms with Crippen molar-refractivity contribution in [2.75, 3.05) is 11.4 Å². The summed E-state index contributed by atoms with van der Waals surface area (Å²) in [5.74, 6) is -0.162. The van der Waals surface area contributed by atoms with E-state index in [1.54, 1.807) is 21.7 Å². The second-order valence-corrected chi connectivity index (χ2v) is 7.15. The molecule has 1 amide bonds. The van der Waals surface area contributed by atoms with E-state index in [2.05, 4.69) is 5.10 Å². The molecule has 1 N–H and O–H groups in total. The first-order chi connectivity index (χ1) is 13.0. The Kier molecular flexibility index (Phi) is 4.72. The number of hydrogen-bond donors (Lipinski definition) is 1. The van der Waals surface area contributed by atoms with Crippen LogP contribution in [0.4, 0.5) is 5.69 Å². The third kappa shape index (κ3) is 3.36. The molecule has 0 fully saturated rings. The van der Waals surface area contributed by atoms with E-state index in [4.69, 9.17) is 11.6 Å². The molecule has 27 heavy (non-hydrogen) atoms. The maximum absolute atomic E-state index is 13.2. The molecule has 2 aromatic carbocycles. The molecule has 4 rings (SSSR count). The third-order valence-electron chi connectivity index (χ3n) is 4.86. The molecule has 3 aromatic rings. The SMILES string of the molecule is Cc1ccn(-c2ccc(C(=O)N3CCCC(O)c4ccccc43)c(Cl)c2)n1. The largest absolute Gasteiger partial charge is 0.388 e. The molecule has 0 spiro atoms. The van der Waals surface area contributed by atoms with E-state index in [9.17, 15) is 9.90 Å². The highest BCUT2D eigenvalue weighted by molar-refractivity contribution is 6.34. The van der Waals surface area contributed by atoms with E-state index in [1.807, 2.05) is 49.5 Å². The quantitative estimate of drug-likeness (QED) is 0.719. The van der Waals surface area contributed by atoms with E-state index >= 15 is 0 Å². The van der Waals surface area contributed by atoms with Gasteiger partial charge in [0.05, 0.1) is 28.1 Å². The van der Waals surface area contributed by atoms with Crippen LogP contribution < -0.4 is 4.90 Å². The number of para-hydroxylation sites is 1. The Labute approximate surface area is 162 Å². The molecule has 0 radical (unpaired) electrons. The Morgan fingerprint density at radius 1 is 1.22 bits per heavy atom. The summed E-state index contributed by atoms with van der Waals surface area (Å²) < 4.78 is 1.73. The zero-order valence-corrected chi connectivity index (χ0v) is 15.7. The lowest BCUT2D eigenvalue weighted by Gasteiger charge is -2.24. The summed E-state index contributed by atoms with van der Waals surface area (Å²) in [6.45, 7) is 2.46. The number of halogens is 1. The Morgan fingerprint density at radius 3 is 2.78 bits per heavy atom. The van der Waals surface area contributed by atoms with Gasteiger partial charge in [-0.1, -0.05) is 29.8 Å². The first kappa shape index (κ1) is 17.8. The Hall–Kier alpha value is -2.63. The van der Waals surface area contributed by atoms with Gasteiger partial charge in [0.25, 0.3) is 5.91 Å². The number of fused-ring (bicyclic) bond motifs is 1. The minimum Gasteiger partial charge on any atom is -0.388 e. The van der Waals surface area contributed by atoms with E-state index in [-0.39, 0.29) is 5.91 Å². The predicted octanol–water partition coefficient (Wildman–Crippen LogP) is 4.31. The van der Waals surface area contributed by atoms with Gasteiger partial charge in [-0.05, 0) is 50.1 Å². The molecule has 6 heteroatoms. The van der Waals surface area contributed by atoms with Gasteiger partial charge >= 0.3 is 0 Å². The summed E-state index contributed by atoms with van der Waals surface area (Å²) in [5.41, 5.74) is 3.68. The van der Waals surface area contributed by atoms with Crippen LogP contribution in [-0.4, -0.2) is 27.3 Å². The topological polar surface area (TPSA) is 58.4 Å². The highest BCUT2D eigenvalue weighted by Crippen LogP contribution is 2.34. The fraction of sp³-hybridized carbons (Fsp3) is 0.238. The van der Waals surface area contributed by atoms with Gasteiger partial charge in [-0.25, -0.2) is 4.68 Å². The van der Waals surface area contributed by atoms with Crippen molar-refractivity contribution in [1.82, 2.24) is 9.78 Å². The van der Waals surface area contributed by atoms with Crippen LogP contribution in [0, 0.1) is 6.92 Å². The summed E-state index contributed by atoms with van der Waals surface area (Å²) in [4.78, 5) is 14.9. The van der Waals surface area contributed by atoms with Crippen LogP contribution >= 0.6 is 11.6 Å². The molecule has 1 aromatic heterocycles. The average molecular weight is 382 g/mol. The van der Waals surface area contributed by atoms with Gasteiger partial charge in [-0.15, -0.1) is 0 Å². The normalized spacial score (nSPS) is 16.7. The first-order valence-corrected chi connectivity index (χ1v) is 9.33. The van der Waals surface area contributed by atoms with Gasteiger partial charge in [0.1, 0.15) is 0 Å². The van der Waals surface area contributed by atoms with Crippen molar-refractivity contribution in [3.63, 3.8) is 0 Å². The third-order valence-corrected chi connectivity index (χ3v) is 5.17. The zero-order chi connectivity index (χ0) is 19.0. The number of anilines is 1. The van der Waals surface area contributed by atoms with Crippen LogP contribution in [0.2, 0.25) is 5.02 Å². The van der Waals surface area contributed by atoms with Crippen molar-refractivity contribution in [2.24, 2.45) is 0 Å². The molecule has 138 valence electrons. The van der Waals surface area contributed by atoms with Crippen molar-refractivity contribution < 1.29 is 9.90 Å². The number of carbonyl (C=O) groups excluding carboxylic acids is 1. The lowest BCUT2D eigenvalue weighted by Crippen LogP contribution is -2.32. The van der Waals surface area contributed by atoms with Gasteiger partial charge in [0, 0.05) is 24.0 Å². The minimum absolute atomic E-state index is 0.162. The van der Waals surface area contributed by atoms with Gasteiger partial charge < -0.3 is 10.0 Å². The van der Waals surface area contributed by atoms with Gasteiger partial charge in [-0.3, -0.25) is 4.79 Å². The number of hydrogen-bond acceptors (Lipinski definition) is 3. The van der Waals surface area contributed by atoms with E-state index in [0.29, 0.717) is 23.6 Å². The molecule has 1 atom stereocenters. The molecule has 0 aliphatic carbocycles. The second-order valence-electron chi connectivity index (χ2n) is 6.74. The second kappa shape index (κ2) is 7.18. The number of carbonyl (C=O) groups is 1. The summed E-state index contributed by atoms with van der Waals surface area (Å²) in [6.07, 6.45) is 2.66. The molecule has 1 unspecified atom stereocenters. The molecule has 1 aliphatic heterocycles. The maximum Gasteiger partial charge on any atom is 0.259 e. The van der Waals surface area contributed by atoms with Crippen LogP contribution in [0.3, 0.4) is 0 Å². The number of aliphatic hydroxyl groups excluding tert-OH is 1. The summed E-state index contributed by atoms with van der Waals surface area (Å²) in [5, 5.41) is 15.1. The van der Waals surface area contributed by atoms with Crippen LogP contribution in [-0.2, 0) is 0 Å². The average Bonchev–Trinajstić information content (AvgIpc) is 3.03. The highest BCUT2D eigenvalue weighted by Gasteiger charge is 2.27. The van der Waals surface area contributed by atoms with Gasteiger partial charge in [-0.2, -0.15) is 5.10 Å². The van der Waals surface area contributed by atoms with Crippen LogP contribution in [0.1, 0.15) is 40.6 Å². The molecule has 0 saturated heterocycles. The number of aromatic nitrogens is 2. The smallest absolute Gasteiger partial charge is 0.259 e. The van der Waals surface area contributed by atoms with Gasteiger partial charge in [0.2, 0.25) is 0 Å². The van der Waals surface area contributed by atoms with Crippen LogP contribution in [0.5, 0.6) is 0 Å². The lowest BCUT2D eigenvalue weighted by molar-refractivity contribution is 0.0987. The van der Waals surface area contributed by atoms with Crippen molar-refractivity contribution in [1.29, 1.82) is 0 Å². The Balaban J connectivity index is 1.69. The summed E-state index contributed by atoms with van der Waals surface area (Å²) >= 11 is 6.46. The van der Waals surface area contributed by atoms with E-state index in [1.165, 1.54) is 0 Å². The number of nitrogens with zero attached hydrogens (tertiary/aromatic N) is 3. The molecular formula is C21H20ClN3O2. The Bertz CT molecular complexity index is 999. The first-order valence-electron chi connectivity index (χ1n) is 8.95. The molecule has 0 saturated carbocycles. The van der Waals surface area contributed by atoms with Crippen molar-refractivity contribution in [3.8, 4) is 5.69 Å². The number of rotatable bonds is 2. The molecular weight excluding hydrogens is 362 g/mol. The fourth-order valence-corrected chi connectivity index (χ4v) is 3.72. The van der Waals surface area contributed by atoms with Crippen molar-refractivity contribution in [3.05, 3.63) is 76.6 Å². The van der Waals surface area contributed by atoms with Crippen molar-refractivity contribution in [2.45, 2.75) is 25.9 Å². The predicted molar refractivity (Wildman–Crippen MR) is 106 cm³/mol. The lowest BCUT2D eigenvalue weighted by atomic mass is 10.0. The minimum atomic E-state index is -0.556. The number of aryl methyl sites for hydroxylation is 1. The van der Waals surface area contributed by atoms with E-state index < -0.39 is 6.10 Å². The van der Waals surface area contributed by atoms with Crippen LogP contribution in [0.15, 0.2) is 54.7 Å².